The number of hydrogen-bond acceptors (Lipinski definition) is 4. The molecule has 0 radical (unpaired) electrons. The Balaban J connectivity index is 2.95. The highest BCUT2D eigenvalue weighted by Crippen LogP contribution is 2.21. The van der Waals surface area contributed by atoms with Gasteiger partial charge in [-0.05, 0) is 38.7 Å². The van der Waals surface area contributed by atoms with E-state index in [-0.39, 0.29) is 12.2 Å². The zero-order valence-electron chi connectivity index (χ0n) is 10.7. The summed E-state index contributed by atoms with van der Waals surface area (Å²) in [4.78, 5) is 1.41. The molecule has 0 heterocycles. The summed E-state index contributed by atoms with van der Waals surface area (Å²) < 4.78 is 39.7. The number of nitrogen functional groups attached to an aromatic ring is 1. The molecule has 3 N–H and O–H groups in total. The van der Waals surface area contributed by atoms with Crippen molar-refractivity contribution in [2.24, 2.45) is 0 Å². The third-order valence-electron chi connectivity index (χ3n) is 2.46. The van der Waals surface area contributed by atoms with Gasteiger partial charge in [-0.25, -0.2) is 17.5 Å². The third-order valence-corrected chi connectivity index (χ3v) is 3.94. The standard InChI is InChI=1S/C11H18FN3O2S/c1-8-6-9(12)11(7-10(8)13)18(16,17)14-4-5-15(2)3/h6-7,14H,4-5,13H2,1-3H3. The number of rotatable bonds is 5. The van der Waals surface area contributed by atoms with Gasteiger partial charge in [0, 0.05) is 18.8 Å². The summed E-state index contributed by atoms with van der Waals surface area (Å²) in [6, 6.07) is 2.26. The number of halogens is 1. The second-order valence-corrected chi connectivity index (χ2v) is 6.08. The second kappa shape index (κ2) is 5.64. The molecule has 0 aromatic heterocycles. The summed E-state index contributed by atoms with van der Waals surface area (Å²) in [6.07, 6.45) is 0. The van der Waals surface area contributed by atoms with Crippen LogP contribution in [0.5, 0.6) is 0 Å². The molecule has 102 valence electrons. The number of anilines is 1. The molecule has 0 amide bonds. The maximum Gasteiger partial charge on any atom is 0.243 e. The Kier molecular flexibility index (Phi) is 4.66. The number of nitrogens with zero attached hydrogens (tertiary/aromatic N) is 1. The summed E-state index contributed by atoms with van der Waals surface area (Å²) in [6.45, 7) is 2.36. The molecule has 1 aromatic rings. The fourth-order valence-corrected chi connectivity index (χ4v) is 2.47. The minimum atomic E-state index is -3.86. The van der Waals surface area contributed by atoms with E-state index in [1.165, 1.54) is 0 Å². The van der Waals surface area contributed by atoms with Crippen molar-refractivity contribution in [2.75, 3.05) is 32.9 Å². The predicted molar refractivity (Wildman–Crippen MR) is 69.3 cm³/mol. The Hall–Kier alpha value is -1.18. The topological polar surface area (TPSA) is 75.4 Å². The van der Waals surface area contributed by atoms with Gasteiger partial charge in [0.15, 0.2) is 0 Å². The average molecular weight is 275 g/mol. The van der Waals surface area contributed by atoms with Crippen LogP contribution in [0.3, 0.4) is 0 Å². The van der Waals surface area contributed by atoms with Crippen molar-refractivity contribution < 1.29 is 12.8 Å². The molecule has 0 aliphatic heterocycles. The lowest BCUT2D eigenvalue weighted by Gasteiger charge is -2.12. The van der Waals surface area contributed by atoms with E-state index >= 15 is 0 Å². The molecule has 1 rings (SSSR count). The van der Waals surface area contributed by atoms with Gasteiger partial charge in [0.25, 0.3) is 0 Å². The van der Waals surface area contributed by atoms with Crippen LogP contribution in [0.4, 0.5) is 10.1 Å². The van der Waals surface area contributed by atoms with E-state index in [0.717, 1.165) is 12.1 Å². The molecule has 0 aliphatic carbocycles. The van der Waals surface area contributed by atoms with Crippen LogP contribution in [0.15, 0.2) is 17.0 Å². The van der Waals surface area contributed by atoms with Crippen molar-refractivity contribution in [1.29, 1.82) is 0 Å². The first-order valence-electron chi connectivity index (χ1n) is 5.44. The molecule has 0 atom stereocenters. The lowest BCUT2D eigenvalue weighted by molar-refractivity contribution is 0.412. The highest BCUT2D eigenvalue weighted by molar-refractivity contribution is 7.89. The van der Waals surface area contributed by atoms with Crippen molar-refractivity contribution >= 4 is 15.7 Å². The van der Waals surface area contributed by atoms with E-state index in [1.54, 1.807) is 6.92 Å². The van der Waals surface area contributed by atoms with E-state index < -0.39 is 20.7 Å². The van der Waals surface area contributed by atoms with Crippen LogP contribution >= 0.6 is 0 Å². The fraction of sp³-hybridized carbons (Fsp3) is 0.455. The number of nitrogens with two attached hydrogens (primary N) is 1. The normalized spacial score (nSPS) is 12.1. The number of nitrogens with one attached hydrogen (secondary N) is 1. The molecule has 0 bridgehead atoms. The van der Waals surface area contributed by atoms with Crippen molar-refractivity contribution in [3.05, 3.63) is 23.5 Å². The van der Waals surface area contributed by atoms with Crippen molar-refractivity contribution in [3.8, 4) is 0 Å². The highest BCUT2D eigenvalue weighted by atomic mass is 32.2. The zero-order chi connectivity index (χ0) is 13.9. The van der Waals surface area contributed by atoms with Crippen molar-refractivity contribution in [3.63, 3.8) is 0 Å². The minimum absolute atomic E-state index is 0.211. The molecule has 0 fully saturated rings. The summed E-state index contributed by atoms with van der Waals surface area (Å²) >= 11 is 0. The van der Waals surface area contributed by atoms with Crippen molar-refractivity contribution in [2.45, 2.75) is 11.8 Å². The first-order chi connectivity index (χ1) is 8.24. The van der Waals surface area contributed by atoms with Crippen LogP contribution < -0.4 is 10.5 Å². The maximum atomic E-state index is 13.6. The Morgan fingerprint density at radius 3 is 2.56 bits per heavy atom. The van der Waals surface area contributed by atoms with Crippen LogP contribution in [-0.4, -0.2) is 40.5 Å². The van der Waals surface area contributed by atoms with Crippen LogP contribution in [-0.2, 0) is 10.0 Å². The van der Waals surface area contributed by atoms with Gasteiger partial charge in [0.05, 0.1) is 0 Å². The number of sulfonamides is 1. The SMILES string of the molecule is Cc1cc(F)c(S(=O)(=O)NCCN(C)C)cc1N. The van der Waals surface area contributed by atoms with E-state index in [1.807, 2.05) is 19.0 Å². The molecule has 7 heteroatoms. The van der Waals surface area contributed by atoms with Gasteiger partial charge >= 0.3 is 0 Å². The van der Waals surface area contributed by atoms with Gasteiger partial charge < -0.3 is 10.6 Å². The molecule has 0 aliphatic rings. The minimum Gasteiger partial charge on any atom is -0.398 e. The lowest BCUT2D eigenvalue weighted by atomic mass is 10.2. The van der Waals surface area contributed by atoms with Crippen LogP contribution in [0, 0.1) is 12.7 Å². The zero-order valence-corrected chi connectivity index (χ0v) is 11.5. The van der Waals surface area contributed by atoms with Gasteiger partial charge in [-0.3, -0.25) is 0 Å². The van der Waals surface area contributed by atoms with Crippen LogP contribution in [0.2, 0.25) is 0 Å². The Morgan fingerprint density at radius 1 is 1.39 bits per heavy atom. The summed E-state index contributed by atoms with van der Waals surface area (Å²) in [5.74, 6) is -0.793. The lowest BCUT2D eigenvalue weighted by Crippen LogP contribution is -2.32. The Labute approximate surface area is 107 Å². The number of aryl methyl sites for hydroxylation is 1. The summed E-state index contributed by atoms with van der Waals surface area (Å²) in [7, 11) is -0.221. The van der Waals surface area contributed by atoms with Crippen molar-refractivity contribution in [1.82, 2.24) is 9.62 Å². The molecule has 0 saturated carbocycles. The predicted octanol–water partition coefficient (Wildman–Crippen LogP) is 0.556. The second-order valence-electron chi connectivity index (χ2n) is 4.34. The number of hydrogen-bond donors (Lipinski definition) is 2. The summed E-state index contributed by atoms with van der Waals surface area (Å²) in [5.41, 5.74) is 6.36. The first kappa shape index (κ1) is 14.9. The molecule has 0 spiro atoms. The van der Waals surface area contributed by atoms with Crippen LogP contribution in [0.1, 0.15) is 5.56 Å². The summed E-state index contributed by atoms with van der Waals surface area (Å²) in [5, 5.41) is 0. The molecule has 18 heavy (non-hydrogen) atoms. The highest BCUT2D eigenvalue weighted by Gasteiger charge is 2.19. The quantitative estimate of drug-likeness (QED) is 0.770. The van der Waals surface area contributed by atoms with Gasteiger partial charge in [-0.15, -0.1) is 0 Å². The molecular formula is C11H18FN3O2S. The molecule has 1 aromatic carbocycles. The molecule has 5 nitrogen and oxygen atoms in total. The molecule has 0 saturated heterocycles. The third kappa shape index (κ3) is 3.66. The maximum absolute atomic E-state index is 13.6. The van der Waals surface area contributed by atoms with Gasteiger partial charge in [0.2, 0.25) is 10.0 Å². The fourth-order valence-electron chi connectivity index (χ4n) is 1.36. The van der Waals surface area contributed by atoms with Gasteiger partial charge in [0.1, 0.15) is 10.7 Å². The smallest absolute Gasteiger partial charge is 0.243 e. The van der Waals surface area contributed by atoms with E-state index in [9.17, 15) is 12.8 Å². The number of likely N-dealkylation sites (N-methyl/N-ethyl adjacent to an activating group) is 1. The Morgan fingerprint density at radius 2 is 2.00 bits per heavy atom. The van der Waals surface area contributed by atoms with E-state index in [0.29, 0.717) is 12.1 Å². The van der Waals surface area contributed by atoms with Gasteiger partial charge in [-0.2, -0.15) is 0 Å². The van der Waals surface area contributed by atoms with E-state index in [2.05, 4.69) is 4.72 Å². The Bertz CT molecular complexity index is 529. The van der Waals surface area contributed by atoms with Crippen LogP contribution in [0.25, 0.3) is 0 Å². The average Bonchev–Trinajstić information content (AvgIpc) is 2.22. The first-order valence-corrected chi connectivity index (χ1v) is 6.92. The molecular weight excluding hydrogens is 257 g/mol. The largest absolute Gasteiger partial charge is 0.398 e. The van der Waals surface area contributed by atoms with Gasteiger partial charge in [-0.1, -0.05) is 0 Å². The monoisotopic (exact) mass is 275 g/mol. The van der Waals surface area contributed by atoms with E-state index in [4.69, 9.17) is 5.73 Å². The molecule has 0 unspecified atom stereocenters. The number of benzene rings is 1.